The van der Waals surface area contributed by atoms with Crippen LogP contribution >= 0.6 is 39.1 Å². The van der Waals surface area contributed by atoms with Crippen LogP contribution in [0.25, 0.3) is 0 Å². The van der Waals surface area contributed by atoms with Gasteiger partial charge in [-0.05, 0) is 35.4 Å². The molecule has 2 aromatic rings. The molecule has 0 aliphatic rings. The lowest BCUT2D eigenvalue weighted by Crippen LogP contribution is -1.99. The number of alkyl halides is 1. The predicted octanol–water partition coefficient (Wildman–Crippen LogP) is 5.90. The first-order valence-electron chi connectivity index (χ1n) is 5.13. The molecule has 1 atom stereocenters. The minimum Gasteiger partial charge on any atom is -0.204 e. The molecule has 1 unspecified atom stereocenters. The Labute approximate surface area is 126 Å². The molecule has 0 nitrogen and oxygen atoms in total. The zero-order chi connectivity index (χ0) is 14.2. The summed E-state index contributed by atoms with van der Waals surface area (Å²) in [6, 6.07) is 6.59. The van der Waals surface area contributed by atoms with Crippen LogP contribution in [-0.2, 0) is 0 Å². The molecule has 0 heterocycles. The highest BCUT2D eigenvalue weighted by Gasteiger charge is 2.18. The van der Waals surface area contributed by atoms with Crippen LogP contribution in [0.4, 0.5) is 13.2 Å². The summed E-state index contributed by atoms with van der Waals surface area (Å²) in [6.45, 7) is 0. The van der Waals surface area contributed by atoms with Crippen LogP contribution < -0.4 is 0 Å². The summed E-state index contributed by atoms with van der Waals surface area (Å²) in [5, 5.41) is 0.796. The van der Waals surface area contributed by atoms with E-state index in [0.717, 1.165) is 12.1 Å². The highest BCUT2D eigenvalue weighted by atomic mass is 79.9. The maximum absolute atomic E-state index is 13.2. The van der Waals surface area contributed by atoms with Crippen LogP contribution in [0.3, 0.4) is 0 Å². The van der Waals surface area contributed by atoms with Crippen LogP contribution in [0.1, 0.15) is 16.0 Å². The first kappa shape index (κ1) is 14.7. The van der Waals surface area contributed by atoms with E-state index >= 15 is 0 Å². The van der Waals surface area contributed by atoms with Gasteiger partial charge in [-0.25, -0.2) is 13.2 Å². The van der Waals surface area contributed by atoms with E-state index in [4.69, 9.17) is 23.2 Å². The van der Waals surface area contributed by atoms with E-state index in [1.54, 1.807) is 12.1 Å². The standard InChI is InChI=1S/C13H6BrCl2F3/c14-12(8-2-1-7(15)5-9(8)16)6-3-10(17)13(19)11(18)4-6/h1-5,12H. The highest BCUT2D eigenvalue weighted by molar-refractivity contribution is 9.09. The van der Waals surface area contributed by atoms with Gasteiger partial charge in [-0.15, -0.1) is 0 Å². The Kier molecular flexibility index (Phi) is 4.43. The normalized spacial score (nSPS) is 12.5. The third-order valence-corrected chi connectivity index (χ3v) is 4.12. The fraction of sp³-hybridized carbons (Fsp3) is 0.0769. The lowest BCUT2D eigenvalue weighted by molar-refractivity contribution is 0.445. The van der Waals surface area contributed by atoms with Gasteiger partial charge >= 0.3 is 0 Å². The molecule has 2 rings (SSSR count). The third kappa shape index (κ3) is 3.07. The first-order chi connectivity index (χ1) is 8.90. The zero-order valence-electron chi connectivity index (χ0n) is 9.23. The van der Waals surface area contributed by atoms with Gasteiger partial charge < -0.3 is 0 Å². The minimum atomic E-state index is -1.49. The van der Waals surface area contributed by atoms with Gasteiger partial charge in [0.25, 0.3) is 0 Å². The van der Waals surface area contributed by atoms with Crippen molar-refractivity contribution >= 4 is 39.1 Å². The van der Waals surface area contributed by atoms with Crippen LogP contribution in [-0.4, -0.2) is 0 Å². The predicted molar refractivity (Wildman–Crippen MR) is 73.5 cm³/mol. The quantitative estimate of drug-likeness (QED) is 0.457. The van der Waals surface area contributed by atoms with Crippen molar-refractivity contribution in [3.05, 3.63) is 69.0 Å². The number of hydrogen-bond donors (Lipinski definition) is 0. The maximum Gasteiger partial charge on any atom is 0.194 e. The van der Waals surface area contributed by atoms with E-state index in [1.165, 1.54) is 6.07 Å². The van der Waals surface area contributed by atoms with E-state index < -0.39 is 22.3 Å². The van der Waals surface area contributed by atoms with Crippen LogP contribution in [0.15, 0.2) is 30.3 Å². The minimum absolute atomic E-state index is 0.223. The van der Waals surface area contributed by atoms with E-state index in [2.05, 4.69) is 15.9 Å². The van der Waals surface area contributed by atoms with Gasteiger partial charge in [-0.2, -0.15) is 0 Å². The SMILES string of the molecule is Fc1cc(C(Br)c2ccc(Cl)cc2Cl)cc(F)c1F. The summed E-state index contributed by atoms with van der Waals surface area (Å²) in [5.74, 6) is -3.99. The third-order valence-electron chi connectivity index (χ3n) is 2.53. The summed E-state index contributed by atoms with van der Waals surface area (Å²) in [6.07, 6.45) is 0. The van der Waals surface area contributed by atoms with Gasteiger partial charge in [-0.1, -0.05) is 45.2 Å². The Bertz CT molecular complexity index is 608. The lowest BCUT2D eigenvalue weighted by Gasteiger charge is -2.13. The summed E-state index contributed by atoms with van der Waals surface area (Å²) in [5.41, 5.74) is 0.803. The van der Waals surface area contributed by atoms with Gasteiger partial charge in [0, 0.05) is 10.0 Å². The summed E-state index contributed by atoms with van der Waals surface area (Å²) in [4.78, 5) is -0.568. The summed E-state index contributed by atoms with van der Waals surface area (Å²) < 4.78 is 39.3. The molecule has 0 amide bonds. The first-order valence-corrected chi connectivity index (χ1v) is 6.80. The molecular formula is C13H6BrCl2F3. The smallest absolute Gasteiger partial charge is 0.194 e. The molecule has 0 aromatic heterocycles. The Morgan fingerprint density at radius 1 is 0.947 bits per heavy atom. The molecule has 19 heavy (non-hydrogen) atoms. The van der Waals surface area contributed by atoms with Crippen molar-refractivity contribution in [3.63, 3.8) is 0 Å². The Morgan fingerprint density at radius 3 is 2.05 bits per heavy atom. The second-order valence-electron chi connectivity index (χ2n) is 3.83. The number of rotatable bonds is 2. The zero-order valence-corrected chi connectivity index (χ0v) is 12.3. The van der Waals surface area contributed by atoms with Crippen LogP contribution in [0, 0.1) is 17.5 Å². The topological polar surface area (TPSA) is 0 Å². The number of hydrogen-bond acceptors (Lipinski definition) is 0. The second kappa shape index (κ2) is 5.73. The van der Waals surface area contributed by atoms with Crippen molar-refractivity contribution in [1.82, 2.24) is 0 Å². The largest absolute Gasteiger partial charge is 0.204 e. The molecule has 2 aromatic carbocycles. The van der Waals surface area contributed by atoms with Gasteiger partial charge in [0.1, 0.15) is 0 Å². The van der Waals surface area contributed by atoms with Gasteiger partial charge in [0.05, 0.1) is 4.83 Å². The van der Waals surface area contributed by atoms with Crippen LogP contribution in [0.2, 0.25) is 10.0 Å². The van der Waals surface area contributed by atoms with Gasteiger partial charge in [0.15, 0.2) is 17.5 Å². The highest BCUT2D eigenvalue weighted by Crippen LogP contribution is 2.37. The average Bonchev–Trinajstić information content (AvgIpc) is 2.34. The molecule has 0 spiro atoms. The molecule has 0 N–H and O–H groups in total. The average molecular weight is 370 g/mol. The van der Waals surface area contributed by atoms with Crippen molar-refractivity contribution in [3.8, 4) is 0 Å². The maximum atomic E-state index is 13.2. The molecule has 0 aliphatic heterocycles. The monoisotopic (exact) mass is 368 g/mol. The molecule has 0 radical (unpaired) electrons. The van der Waals surface area contributed by atoms with Crippen molar-refractivity contribution < 1.29 is 13.2 Å². The van der Waals surface area contributed by atoms with Crippen molar-refractivity contribution in [2.24, 2.45) is 0 Å². The van der Waals surface area contributed by atoms with E-state index in [0.29, 0.717) is 15.6 Å². The van der Waals surface area contributed by atoms with Crippen molar-refractivity contribution in [2.45, 2.75) is 4.83 Å². The fourth-order valence-corrected chi connectivity index (χ4v) is 2.92. The Morgan fingerprint density at radius 2 is 1.53 bits per heavy atom. The summed E-state index contributed by atoms with van der Waals surface area (Å²) >= 11 is 15.1. The van der Waals surface area contributed by atoms with Gasteiger partial charge in [0.2, 0.25) is 0 Å². The lowest BCUT2D eigenvalue weighted by atomic mass is 10.0. The molecule has 0 saturated carbocycles. The van der Waals surface area contributed by atoms with Crippen molar-refractivity contribution in [1.29, 1.82) is 0 Å². The molecule has 100 valence electrons. The fourth-order valence-electron chi connectivity index (χ4n) is 1.61. The van der Waals surface area contributed by atoms with E-state index in [-0.39, 0.29) is 5.56 Å². The molecule has 0 saturated heterocycles. The van der Waals surface area contributed by atoms with Crippen molar-refractivity contribution in [2.75, 3.05) is 0 Å². The molecule has 0 aliphatic carbocycles. The molecule has 6 heteroatoms. The Balaban J connectivity index is 2.47. The van der Waals surface area contributed by atoms with Gasteiger partial charge in [-0.3, -0.25) is 0 Å². The van der Waals surface area contributed by atoms with E-state index in [1.807, 2.05) is 0 Å². The van der Waals surface area contributed by atoms with Crippen LogP contribution in [0.5, 0.6) is 0 Å². The molecule has 0 fully saturated rings. The Hall–Kier alpha value is -0.710. The molecular weight excluding hydrogens is 364 g/mol. The molecule has 0 bridgehead atoms. The number of halogens is 6. The van der Waals surface area contributed by atoms with E-state index in [9.17, 15) is 13.2 Å². The second-order valence-corrected chi connectivity index (χ2v) is 5.59. The number of benzene rings is 2. The summed E-state index contributed by atoms with van der Waals surface area (Å²) in [7, 11) is 0.